The van der Waals surface area contributed by atoms with Crippen LogP contribution in [0.3, 0.4) is 0 Å². The summed E-state index contributed by atoms with van der Waals surface area (Å²) in [6, 6.07) is 0. The Morgan fingerprint density at radius 3 is 2.79 bits per heavy atom. The lowest BCUT2D eigenvalue weighted by atomic mass is 10.0. The number of rotatable bonds is 5. The number of alkyl halides is 1. The van der Waals surface area contributed by atoms with Gasteiger partial charge in [0, 0.05) is 21.8 Å². The van der Waals surface area contributed by atoms with Crippen LogP contribution in [0.2, 0.25) is 0 Å². The van der Waals surface area contributed by atoms with Gasteiger partial charge in [-0.3, -0.25) is 4.79 Å². The molecule has 14 heavy (non-hydrogen) atoms. The fraction of sp³-hybridized carbons (Fsp3) is 0.444. The van der Waals surface area contributed by atoms with E-state index in [4.69, 9.17) is 0 Å². The minimum atomic E-state index is -0.973. The van der Waals surface area contributed by atoms with Gasteiger partial charge in [-0.25, -0.2) is 0 Å². The van der Waals surface area contributed by atoms with Crippen LogP contribution in [-0.2, 0) is 0 Å². The molecule has 5 heteroatoms. The molecule has 0 radical (unpaired) electrons. The zero-order valence-electron chi connectivity index (χ0n) is 7.39. The summed E-state index contributed by atoms with van der Waals surface area (Å²) in [5.74, 6) is 0. The third-order valence-corrected chi connectivity index (χ3v) is 3.18. The molecule has 0 spiro atoms. The van der Waals surface area contributed by atoms with Crippen LogP contribution in [0.25, 0.3) is 0 Å². The second kappa shape index (κ2) is 5.60. The number of carbonyl (C=O) groups is 1. The molecule has 1 aromatic rings. The molecule has 0 saturated carbocycles. The molecular formula is C9H11BrO3S. The van der Waals surface area contributed by atoms with E-state index in [1.165, 1.54) is 11.3 Å². The van der Waals surface area contributed by atoms with Gasteiger partial charge in [0.25, 0.3) is 0 Å². The Balaban J connectivity index is 2.77. The first-order chi connectivity index (χ1) is 6.70. The lowest BCUT2D eigenvalue weighted by molar-refractivity contribution is 0.0173. The predicted molar refractivity (Wildman–Crippen MR) is 59.1 cm³/mol. The minimum absolute atomic E-state index is 0.454. The highest BCUT2D eigenvalue weighted by Crippen LogP contribution is 2.25. The maximum absolute atomic E-state index is 10.6. The van der Waals surface area contributed by atoms with Crippen molar-refractivity contribution in [1.82, 2.24) is 0 Å². The van der Waals surface area contributed by atoms with E-state index in [1.54, 1.807) is 10.8 Å². The summed E-state index contributed by atoms with van der Waals surface area (Å²) in [4.78, 5) is 10.6. The van der Waals surface area contributed by atoms with E-state index in [1.807, 2.05) is 0 Å². The molecule has 0 amide bonds. The van der Waals surface area contributed by atoms with E-state index in [0.717, 1.165) is 0 Å². The van der Waals surface area contributed by atoms with Crippen molar-refractivity contribution in [3.05, 3.63) is 21.9 Å². The molecule has 0 fully saturated rings. The van der Waals surface area contributed by atoms with Crippen LogP contribution in [0.5, 0.6) is 0 Å². The molecular weight excluding hydrogens is 268 g/mol. The van der Waals surface area contributed by atoms with Gasteiger partial charge in [0.15, 0.2) is 6.29 Å². The highest BCUT2D eigenvalue weighted by molar-refractivity contribution is 9.09. The van der Waals surface area contributed by atoms with Crippen LogP contribution in [-0.4, -0.2) is 27.9 Å². The van der Waals surface area contributed by atoms with Gasteiger partial charge in [0.05, 0.1) is 6.10 Å². The molecule has 1 heterocycles. The summed E-state index contributed by atoms with van der Waals surface area (Å²) in [7, 11) is 0. The lowest BCUT2D eigenvalue weighted by Gasteiger charge is -2.16. The number of hydrogen-bond acceptors (Lipinski definition) is 4. The van der Waals surface area contributed by atoms with Crippen LogP contribution in [0, 0.1) is 0 Å². The van der Waals surface area contributed by atoms with Crippen molar-refractivity contribution < 1.29 is 15.0 Å². The fourth-order valence-electron chi connectivity index (χ4n) is 1.13. The second-order valence-electron chi connectivity index (χ2n) is 2.89. The van der Waals surface area contributed by atoms with E-state index >= 15 is 0 Å². The van der Waals surface area contributed by atoms with Crippen molar-refractivity contribution in [2.24, 2.45) is 0 Å². The van der Waals surface area contributed by atoms with Crippen LogP contribution in [0.1, 0.15) is 28.4 Å². The Bertz CT molecular complexity index is 300. The molecule has 1 aromatic heterocycles. The van der Waals surface area contributed by atoms with Gasteiger partial charge < -0.3 is 10.2 Å². The number of halogens is 1. The van der Waals surface area contributed by atoms with Crippen molar-refractivity contribution in [2.75, 3.05) is 5.33 Å². The zero-order chi connectivity index (χ0) is 10.6. The quantitative estimate of drug-likeness (QED) is 0.637. The van der Waals surface area contributed by atoms with Gasteiger partial charge in [0.1, 0.15) is 6.10 Å². The smallest absolute Gasteiger partial charge is 0.151 e. The van der Waals surface area contributed by atoms with E-state index in [9.17, 15) is 15.0 Å². The van der Waals surface area contributed by atoms with Gasteiger partial charge in [-0.05, 0) is 11.8 Å². The second-order valence-corrected chi connectivity index (χ2v) is 4.43. The summed E-state index contributed by atoms with van der Waals surface area (Å²) in [5.41, 5.74) is 0.967. The standard InChI is InChI=1S/C9H11BrO3S/c10-2-1-8(12)9(13)7-5-14-4-6(7)3-11/h3-5,8-9,12-13H,1-2H2. The maximum Gasteiger partial charge on any atom is 0.151 e. The average Bonchev–Trinajstić information content (AvgIpc) is 2.64. The van der Waals surface area contributed by atoms with Crippen molar-refractivity contribution >= 4 is 33.6 Å². The number of aliphatic hydroxyl groups is 2. The van der Waals surface area contributed by atoms with Crippen molar-refractivity contribution in [3.8, 4) is 0 Å². The molecule has 2 N–H and O–H groups in total. The van der Waals surface area contributed by atoms with E-state index in [2.05, 4.69) is 15.9 Å². The van der Waals surface area contributed by atoms with E-state index < -0.39 is 12.2 Å². The summed E-state index contributed by atoms with van der Waals surface area (Å²) >= 11 is 4.52. The number of carbonyl (C=O) groups excluding carboxylic acids is 1. The molecule has 0 aromatic carbocycles. The van der Waals surface area contributed by atoms with Crippen molar-refractivity contribution in [3.63, 3.8) is 0 Å². The number of thiophene rings is 1. The predicted octanol–water partition coefficient (Wildman–Crippen LogP) is 1.74. The van der Waals surface area contributed by atoms with Gasteiger partial charge in [-0.15, -0.1) is 0 Å². The Kier molecular flexibility index (Phi) is 4.74. The molecule has 0 saturated heterocycles. The van der Waals surface area contributed by atoms with E-state index in [0.29, 0.717) is 29.2 Å². The number of hydrogen-bond donors (Lipinski definition) is 2. The zero-order valence-corrected chi connectivity index (χ0v) is 9.79. The van der Waals surface area contributed by atoms with Crippen LogP contribution < -0.4 is 0 Å². The summed E-state index contributed by atoms with van der Waals surface area (Å²) in [5, 5.41) is 23.2. The lowest BCUT2D eigenvalue weighted by Crippen LogP contribution is -2.19. The van der Waals surface area contributed by atoms with Crippen molar-refractivity contribution in [2.45, 2.75) is 18.6 Å². The third kappa shape index (κ3) is 2.63. The Morgan fingerprint density at radius 1 is 1.50 bits per heavy atom. The normalized spacial score (nSPS) is 15.1. The summed E-state index contributed by atoms with van der Waals surface area (Å²) in [6.07, 6.45) is -0.660. The van der Waals surface area contributed by atoms with Crippen LogP contribution in [0.4, 0.5) is 0 Å². The minimum Gasteiger partial charge on any atom is -0.390 e. The Labute approximate surface area is 94.5 Å². The Morgan fingerprint density at radius 2 is 2.21 bits per heavy atom. The summed E-state index contributed by atoms with van der Waals surface area (Å²) < 4.78 is 0. The fourth-order valence-corrected chi connectivity index (χ4v) is 2.43. The van der Waals surface area contributed by atoms with E-state index in [-0.39, 0.29) is 0 Å². The number of aldehydes is 1. The largest absolute Gasteiger partial charge is 0.390 e. The molecule has 2 unspecified atom stereocenters. The molecule has 1 rings (SSSR count). The molecule has 3 nitrogen and oxygen atoms in total. The molecule has 0 aliphatic rings. The van der Waals surface area contributed by atoms with Crippen LogP contribution >= 0.6 is 27.3 Å². The van der Waals surface area contributed by atoms with Crippen LogP contribution in [0.15, 0.2) is 10.8 Å². The number of aliphatic hydroxyl groups excluding tert-OH is 2. The topological polar surface area (TPSA) is 57.5 Å². The highest BCUT2D eigenvalue weighted by atomic mass is 79.9. The molecule has 0 bridgehead atoms. The SMILES string of the molecule is O=Cc1cscc1C(O)C(O)CCBr. The molecule has 78 valence electrons. The van der Waals surface area contributed by atoms with Gasteiger partial charge in [0.2, 0.25) is 0 Å². The first-order valence-corrected chi connectivity index (χ1v) is 6.20. The highest BCUT2D eigenvalue weighted by Gasteiger charge is 2.20. The van der Waals surface area contributed by atoms with Gasteiger partial charge in [-0.1, -0.05) is 15.9 Å². The monoisotopic (exact) mass is 278 g/mol. The first-order valence-electron chi connectivity index (χ1n) is 4.14. The summed E-state index contributed by atoms with van der Waals surface area (Å²) in [6.45, 7) is 0. The molecule has 2 atom stereocenters. The van der Waals surface area contributed by atoms with Gasteiger partial charge >= 0.3 is 0 Å². The maximum atomic E-state index is 10.6. The van der Waals surface area contributed by atoms with Gasteiger partial charge in [-0.2, -0.15) is 11.3 Å². The first kappa shape index (κ1) is 11.8. The average molecular weight is 279 g/mol. The molecule has 0 aliphatic heterocycles. The third-order valence-electron chi connectivity index (χ3n) is 1.94. The molecule has 0 aliphatic carbocycles. The van der Waals surface area contributed by atoms with Crippen molar-refractivity contribution in [1.29, 1.82) is 0 Å². The Hall–Kier alpha value is -0.230.